The third-order valence-electron chi connectivity index (χ3n) is 3.01. The molecule has 0 spiro atoms. The first-order chi connectivity index (χ1) is 9.50. The van der Waals surface area contributed by atoms with Gasteiger partial charge in [0.05, 0.1) is 16.6 Å². The van der Waals surface area contributed by atoms with Gasteiger partial charge in [-0.05, 0) is 12.1 Å². The number of rotatable bonds is 2. The number of nitrogens with zero attached hydrogens (tertiary/aromatic N) is 2. The van der Waals surface area contributed by atoms with Crippen LogP contribution >= 0.6 is 0 Å². The highest BCUT2D eigenvalue weighted by Crippen LogP contribution is 2.31. The number of carbonyl (C=O) groups is 1. The van der Waals surface area contributed by atoms with Gasteiger partial charge < -0.3 is 9.67 Å². The molecule has 0 aliphatic rings. The topological polar surface area (TPSA) is 55.1 Å². The van der Waals surface area contributed by atoms with Gasteiger partial charge in [-0.1, -0.05) is 26.8 Å². The van der Waals surface area contributed by atoms with Crippen molar-refractivity contribution in [3.8, 4) is 0 Å². The van der Waals surface area contributed by atoms with E-state index in [2.05, 4.69) is 4.98 Å². The maximum absolute atomic E-state index is 12.9. The van der Waals surface area contributed by atoms with Gasteiger partial charge in [-0.25, -0.2) is 9.78 Å². The van der Waals surface area contributed by atoms with E-state index in [0.29, 0.717) is 0 Å². The summed E-state index contributed by atoms with van der Waals surface area (Å²) in [6.45, 7) is 3.95. The number of aromatic nitrogens is 2. The summed E-state index contributed by atoms with van der Waals surface area (Å²) in [7, 11) is 0. The van der Waals surface area contributed by atoms with Crippen molar-refractivity contribution in [3.05, 3.63) is 29.6 Å². The third kappa shape index (κ3) is 3.01. The molecule has 0 atom stereocenters. The monoisotopic (exact) mass is 300 g/mol. The van der Waals surface area contributed by atoms with E-state index in [1.807, 2.05) is 0 Å². The van der Waals surface area contributed by atoms with Crippen molar-refractivity contribution in [1.29, 1.82) is 0 Å². The van der Waals surface area contributed by atoms with Gasteiger partial charge in [0, 0.05) is 5.41 Å². The van der Waals surface area contributed by atoms with Crippen LogP contribution < -0.4 is 0 Å². The second-order valence-corrected chi connectivity index (χ2v) is 5.87. The lowest BCUT2D eigenvalue weighted by Gasteiger charge is -2.21. The zero-order valence-electron chi connectivity index (χ0n) is 11.8. The molecule has 0 unspecified atom stereocenters. The van der Waals surface area contributed by atoms with Gasteiger partial charge in [-0.15, -0.1) is 0 Å². The average Bonchev–Trinajstić information content (AvgIpc) is 2.65. The number of para-hydroxylation sites is 1. The third-order valence-corrected chi connectivity index (χ3v) is 3.01. The van der Waals surface area contributed by atoms with Crippen molar-refractivity contribution in [1.82, 2.24) is 9.55 Å². The summed E-state index contributed by atoms with van der Waals surface area (Å²) in [5.74, 6) is -1.06. The minimum Gasteiger partial charge on any atom is -0.478 e. The van der Waals surface area contributed by atoms with Gasteiger partial charge in [0.15, 0.2) is 0 Å². The normalized spacial score (nSPS) is 12.9. The van der Waals surface area contributed by atoms with Crippen molar-refractivity contribution in [2.24, 2.45) is 0 Å². The SMILES string of the molecule is CC(C)(C)c1nc2cccc(C(=O)O)c2n1CC(F)(F)F. The van der Waals surface area contributed by atoms with Crippen LogP contribution in [0.25, 0.3) is 11.0 Å². The molecule has 4 nitrogen and oxygen atoms in total. The predicted molar refractivity (Wildman–Crippen MR) is 71.4 cm³/mol. The summed E-state index contributed by atoms with van der Waals surface area (Å²) in [5.41, 5.74) is -0.559. The number of benzene rings is 1. The summed E-state index contributed by atoms with van der Waals surface area (Å²) in [5, 5.41) is 9.20. The first-order valence-electron chi connectivity index (χ1n) is 6.30. The van der Waals surface area contributed by atoms with Crippen LogP contribution in [0.1, 0.15) is 37.0 Å². The standard InChI is InChI=1S/C14H15F3N2O2/c1-13(2,3)12-18-9-6-4-5-8(11(20)21)10(9)19(12)7-14(15,16)17/h4-6H,7H2,1-3H3,(H,20,21). The Balaban J connectivity index is 2.83. The van der Waals surface area contributed by atoms with E-state index in [1.165, 1.54) is 18.2 Å². The Bertz CT molecular complexity index is 697. The van der Waals surface area contributed by atoms with Crippen molar-refractivity contribution in [3.63, 3.8) is 0 Å². The smallest absolute Gasteiger partial charge is 0.406 e. The molecule has 1 heterocycles. The van der Waals surface area contributed by atoms with Gasteiger partial charge in [0.25, 0.3) is 0 Å². The molecule has 0 radical (unpaired) electrons. The fourth-order valence-corrected chi connectivity index (χ4v) is 2.26. The van der Waals surface area contributed by atoms with E-state index in [-0.39, 0.29) is 22.4 Å². The highest BCUT2D eigenvalue weighted by molar-refractivity contribution is 6.01. The van der Waals surface area contributed by atoms with Crippen LogP contribution in [0.5, 0.6) is 0 Å². The minimum atomic E-state index is -4.46. The van der Waals surface area contributed by atoms with E-state index in [1.54, 1.807) is 20.8 Å². The molecule has 0 fully saturated rings. The van der Waals surface area contributed by atoms with Crippen LogP contribution in [0, 0.1) is 0 Å². The Morgan fingerprint density at radius 1 is 1.29 bits per heavy atom. The van der Waals surface area contributed by atoms with Gasteiger partial charge in [-0.3, -0.25) is 0 Å². The van der Waals surface area contributed by atoms with Crippen LogP contribution in [0.2, 0.25) is 0 Å². The molecule has 2 aromatic rings. The van der Waals surface area contributed by atoms with E-state index < -0.39 is 24.1 Å². The molecule has 0 amide bonds. The number of carboxylic acid groups (broad SMARTS) is 1. The molecule has 21 heavy (non-hydrogen) atoms. The molecule has 1 N–H and O–H groups in total. The summed E-state index contributed by atoms with van der Waals surface area (Å²) in [4.78, 5) is 15.5. The number of hydrogen-bond acceptors (Lipinski definition) is 2. The number of halogens is 3. The summed E-state index contributed by atoms with van der Waals surface area (Å²) in [6.07, 6.45) is -4.46. The second kappa shape index (κ2) is 4.75. The van der Waals surface area contributed by atoms with E-state index in [0.717, 1.165) is 4.57 Å². The summed E-state index contributed by atoms with van der Waals surface area (Å²) < 4.78 is 39.5. The fraction of sp³-hybridized carbons (Fsp3) is 0.429. The maximum Gasteiger partial charge on any atom is 0.406 e. The largest absolute Gasteiger partial charge is 0.478 e. The molecule has 0 aliphatic heterocycles. The van der Waals surface area contributed by atoms with Crippen molar-refractivity contribution < 1.29 is 23.1 Å². The van der Waals surface area contributed by atoms with Crippen LogP contribution in [0.15, 0.2) is 18.2 Å². The molecular weight excluding hydrogens is 285 g/mol. The van der Waals surface area contributed by atoms with E-state index in [9.17, 15) is 23.1 Å². The first-order valence-corrected chi connectivity index (χ1v) is 6.30. The Kier molecular flexibility index (Phi) is 3.47. The zero-order chi connectivity index (χ0) is 16.0. The van der Waals surface area contributed by atoms with Crippen LogP contribution in [-0.4, -0.2) is 26.8 Å². The number of aromatic carboxylic acids is 1. The lowest BCUT2D eigenvalue weighted by molar-refractivity contribution is -0.140. The van der Waals surface area contributed by atoms with Gasteiger partial charge >= 0.3 is 12.1 Å². The second-order valence-electron chi connectivity index (χ2n) is 5.87. The Labute approximate surface area is 119 Å². The minimum absolute atomic E-state index is 0.00671. The number of fused-ring (bicyclic) bond motifs is 1. The van der Waals surface area contributed by atoms with E-state index in [4.69, 9.17) is 0 Å². The van der Waals surface area contributed by atoms with Crippen molar-refractivity contribution in [2.45, 2.75) is 38.9 Å². The Morgan fingerprint density at radius 3 is 2.38 bits per heavy atom. The molecule has 1 aromatic heterocycles. The molecule has 0 aliphatic carbocycles. The predicted octanol–water partition coefficient (Wildman–Crippen LogP) is 3.59. The number of imidazole rings is 1. The number of carboxylic acids is 1. The number of alkyl halides is 3. The molecule has 0 bridgehead atoms. The Morgan fingerprint density at radius 2 is 1.90 bits per heavy atom. The summed E-state index contributed by atoms with van der Waals surface area (Å²) in [6, 6.07) is 4.28. The Hall–Kier alpha value is -2.05. The molecule has 0 saturated heterocycles. The lowest BCUT2D eigenvalue weighted by Crippen LogP contribution is -2.25. The van der Waals surface area contributed by atoms with Crippen LogP contribution in [-0.2, 0) is 12.0 Å². The molecule has 1 aromatic carbocycles. The van der Waals surface area contributed by atoms with Crippen molar-refractivity contribution in [2.75, 3.05) is 0 Å². The zero-order valence-corrected chi connectivity index (χ0v) is 11.8. The maximum atomic E-state index is 12.9. The highest BCUT2D eigenvalue weighted by atomic mass is 19.4. The van der Waals surface area contributed by atoms with Crippen LogP contribution in [0.4, 0.5) is 13.2 Å². The van der Waals surface area contributed by atoms with Gasteiger partial charge in [0.2, 0.25) is 0 Å². The fourth-order valence-electron chi connectivity index (χ4n) is 2.26. The molecule has 114 valence electrons. The quantitative estimate of drug-likeness (QED) is 0.922. The first kappa shape index (κ1) is 15.3. The molecule has 2 rings (SSSR count). The average molecular weight is 300 g/mol. The van der Waals surface area contributed by atoms with Crippen LogP contribution in [0.3, 0.4) is 0 Å². The highest BCUT2D eigenvalue weighted by Gasteiger charge is 2.34. The van der Waals surface area contributed by atoms with Crippen molar-refractivity contribution >= 4 is 17.0 Å². The lowest BCUT2D eigenvalue weighted by atomic mass is 9.95. The number of hydrogen-bond donors (Lipinski definition) is 1. The van der Waals surface area contributed by atoms with Gasteiger partial charge in [0.1, 0.15) is 12.4 Å². The molecular formula is C14H15F3N2O2. The summed E-state index contributed by atoms with van der Waals surface area (Å²) >= 11 is 0. The molecule has 0 saturated carbocycles. The molecule has 7 heteroatoms. The van der Waals surface area contributed by atoms with E-state index >= 15 is 0 Å². The van der Waals surface area contributed by atoms with Gasteiger partial charge in [-0.2, -0.15) is 13.2 Å².